The molecule has 2 aliphatic rings. The molecule has 2 aliphatic heterocycles. The lowest BCUT2D eigenvalue weighted by molar-refractivity contribution is -0.140. The van der Waals surface area contributed by atoms with Crippen LogP contribution in [0.5, 0.6) is 5.75 Å². The van der Waals surface area contributed by atoms with E-state index in [4.69, 9.17) is 4.74 Å². The van der Waals surface area contributed by atoms with Crippen LogP contribution in [0.4, 0.5) is 15.8 Å². The number of hydrogen-bond donors (Lipinski definition) is 6. The van der Waals surface area contributed by atoms with Gasteiger partial charge in [-0.1, -0.05) is 87.6 Å². The number of piperidine rings is 1. The smallest absolute Gasteiger partial charge is 0.305 e. The number of nitrogens with zero attached hydrogens (tertiary/aromatic N) is 5. The minimum atomic E-state index is -1.24. The second-order valence-electron chi connectivity index (χ2n) is 20.9. The zero-order chi connectivity index (χ0) is 56.7. The molecule has 19 heteroatoms. The lowest BCUT2D eigenvalue weighted by Gasteiger charge is -2.27. The number of rotatable bonds is 30. The summed E-state index contributed by atoms with van der Waals surface area (Å²) in [7, 11) is 0. The van der Waals surface area contributed by atoms with Gasteiger partial charge < -0.3 is 35.3 Å². The number of halogens is 1. The van der Waals surface area contributed by atoms with Gasteiger partial charge in [0.2, 0.25) is 11.8 Å². The molecule has 1 fully saturated rings. The first-order valence-electron chi connectivity index (χ1n) is 27.8. The van der Waals surface area contributed by atoms with Crippen LogP contribution in [0.2, 0.25) is 0 Å². The summed E-state index contributed by atoms with van der Waals surface area (Å²) in [6.07, 6.45) is 8.76. The molecule has 1 saturated heterocycles. The van der Waals surface area contributed by atoms with Crippen molar-refractivity contribution in [3.8, 4) is 28.1 Å². The van der Waals surface area contributed by atoms with Gasteiger partial charge in [-0.05, 0) is 129 Å². The van der Waals surface area contributed by atoms with Crippen LogP contribution in [0, 0.1) is 5.82 Å². The van der Waals surface area contributed by atoms with Crippen molar-refractivity contribution in [2.75, 3.05) is 23.8 Å². The number of unbranched alkanes of at least 4 members (excludes halogenated alkanes) is 7. The molecule has 4 aromatic carbocycles. The number of imide groups is 2. The van der Waals surface area contributed by atoms with E-state index < -0.39 is 60.1 Å². The minimum Gasteiger partial charge on any atom is -0.494 e. The summed E-state index contributed by atoms with van der Waals surface area (Å²) >= 11 is 0. The van der Waals surface area contributed by atoms with Crippen LogP contribution in [0.3, 0.4) is 0 Å². The van der Waals surface area contributed by atoms with E-state index in [-0.39, 0.29) is 55.2 Å². The number of amides is 5. The lowest BCUT2D eigenvalue weighted by Crippen LogP contribution is -2.54. The fourth-order valence-corrected chi connectivity index (χ4v) is 10.7. The zero-order valence-electron chi connectivity index (χ0n) is 45.4. The molecule has 6 aromatic rings. The van der Waals surface area contributed by atoms with Crippen molar-refractivity contribution in [2.45, 2.75) is 147 Å². The number of para-hydroxylation sites is 1. The Hall–Kier alpha value is -8.03. The molecule has 0 radical (unpaired) electrons. The first kappa shape index (κ1) is 58.1. The molecule has 0 bridgehead atoms. The highest BCUT2D eigenvalue weighted by Gasteiger charge is 2.45. The van der Waals surface area contributed by atoms with Crippen LogP contribution in [-0.2, 0) is 33.9 Å². The molecule has 2 aromatic heterocycles. The number of carboxylic acids is 1. The van der Waals surface area contributed by atoms with Gasteiger partial charge in [0.25, 0.3) is 17.7 Å². The normalized spacial score (nSPS) is 15.0. The van der Waals surface area contributed by atoms with Gasteiger partial charge in [0.1, 0.15) is 17.6 Å². The molecule has 0 saturated carbocycles. The molecule has 5 amide bonds. The number of benzene rings is 4. The number of anilines is 2. The Balaban J connectivity index is 0.804. The first-order valence-corrected chi connectivity index (χ1v) is 27.8. The summed E-state index contributed by atoms with van der Waals surface area (Å²) < 4.78 is 24.7. The van der Waals surface area contributed by atoms with E-state index in [1.165, 1.54) is 12.1 Å². The molecule has 80 heavy (non-hydrogen) atoms. The van der Waals surface area contributed by atoms with Crippen molar-refractivity contribution < 1.29 is 53.2 Å². The topological polar surface area (TPSA) is 247 Å². The highest BCUT2D eigenvalue weighted by Crippen LogP contribution is 2.44. The number of ether oxygens (including phenoxy) is 1. The van der Waals surface area contributed by atoms with Crippen LogP contribution < -0.4 is 20.7 Å². The molecule has 3 unspecified atom stereocenters. The Kier molecular flexibility index (Phi) is 20.1. The van der Waals surface area contributed by atoms with E-state index >= 15 is 0 Å². The zero-order valence-corrected chi connectivity index (χ0v) is 45.4. The standard InChI is InChI=1S/C61H71FN8O10/c1-39(2)56-55(59(77)64-43-18-10-8-11-19-43)53(57(40-24-26-42(62)27-25-40)69(56)33-30-45(71)36-46(72)37-52(74)75)41-17-15-21-47(35-41)80-34-14-7-4-9-20-44-38-68(67-66-44)32-13-6-3-5-12-31-63-49-23-16-22-48-54(49)61(79)70(60(48)78)50-28-29-51(73)65-58(50)76/h8,10-11,15-19,21-27,35,38-39,45-46,50,63,71-72H,3-7,9,12-14,20,28-34,36-37H2,1-2H3,(H,64,77)(H,74,75)(H,65,73,76). The highest BCUT2D eigenvalue weighted by molar-refractivity contribution is 6.25. The second kappa shape index (κ2) is 27.7. The summed E-state index contributed by atoms with van der Waals surface area (Å²) in [6.45, 7) is 6.03. The fourth-order valence-electron chi connectivity index (χ4n) is 10.7. The number of hydrogen-bond acceptors (Lipinski definition) is 12. The number of aliphatic carboxylic acids is 1. The van der Waals surface area contributed by atoms with E-state index in [2.05, 4.69) is 26.3 Å². The van der Waals surface area contributed by atoms with Gasteiger partial charge in [-0.3, -0.25) is 43.7 Å². The number of carbonyl (C=O) groups excluding carboxylic acids is 5. The average molecular weight is 1100 g/mol. The van der Waals surface area contributed by atoms with Crippen molar-refractivity contribution in [2.24, 2.45) is 0 Å². The quantitative estimate of drug-likeness (QED) is 0.0182. The number of carboxylic acid groups (broad SMARTS) is 1. The van der Waals surface area contributed by atoms with Crippen molar-refractivity contribution >= 4 is 46.9 Å². The van der Waals surface area contributed by atoms with Gasteiger partial charge in [0.05, 0.1) is 53.3 Å². The molecule has 422 valence electrons. The Morgan fingerprint density at radius 1 is 0.800 bits per heavy atom. The summed E-state index contributed by atoms with van der Waals surface area (Å²) in [5.41, 5.74) is 6.33. The largest absolute Gasteiger partial charge is 0.494 e. The van der Waals surface area contributed by atoms with E-state index in [1.807, 2.05) is 71.8 Å². The van der Waals surface area contributed by atoms with E-state index in [0.717, 1.165) is 81.3 Å². The second-order valence-corrected chi connectivity index (χ2v) is 20.9. The fraction of sp³-hybridized carbons (Fsp3) is 0.410. The third kappa shape index (κ3) is 14.8. The van der Waals surface area contributed by atoms with Crippen molar-refractivity contribution in [1.82, 2.24) is 29.8 Å². The monoisotopic (exact) mass is 1090 g/mol. The summed E-state index contributed by atoms with van der Waals surface area (Å²) in [4.78, 5) is 77.5. The molecule has 18 nitrogen and oxygen atoms in total. The van der Waals surface area contributed by atoms with Gasteiger partial charge >= 0.3 is 5.97 Å². The minimum absolute atomic E-state index is 0.0680. The van der Waals surface area contributed by atoms with Gasteiger partial charge in [0.15, 0.2) is 0 Å². The molecular formula is C61H71FN8O10. The Labute approximate surface area is 464 Å². The summed E-state index contributed by atoms with van der Waals surface area (Å²) in [5.74, 6) is -3.62. The summed E-state index contributed by atoms with van der Waals surface area (Å²) in [5, 5.41) is 47.9. The molecular weight excluding hydrogens is 1020 g/mol. The van der Waals surface area contributed by atoms with Gasteiger partial charge in [-0.2, -0.15) is 0 Å². The number of carbonyl (C=O) groups is 6. The van der Waals surface area contributed by atoms with Crippen LogP contribution in [-0.4, -0.2) is 107 Å². The van der Waals surface area contributed by atoms with Crippen molar-refractivity contribution in [1.29, 1.82) is 0 Å². The predicted octanol–water partition coefficient (Wildman–Crippen LogP) is 9.55. The maximum Gasteiger partial charge on any atom is 0.305 e. The molecule has 6 N–H and O–H groups in total. The number of fused-ring (bicyclic) bond motifs is 1. The highest BCUT2D eigenvalue weighted by atomic mass is 19.1. The Bertz CT molecular complexity index is 3140. The number of aryl methyl sites for hydroxylation is 2. The third-order valence-electron chi connectivity index (χ3n) is 14.5. The van der Waals surface area contributed by atoms with Crippen molar-refractivity contribution in [3.05, 3.63) is 137 Å². The third-order valence-corrected chi connectivity index (χ3v) is 14.5. The van der Waals surface area contributed by atoms with E-state index in [9.17, 15) is 48.5 Å². The summed E-state index contributed by atoms with van der Waals surface area (Å²) in [6, 6.07) is 26.8. The number of aliphatic hydroxyl groups excluding tert-OH is 2. The Morgan fingerprint density at radius 2 is 1.54 bits per heavy atom. The number of aliphatic hydroxyl groups is 2. The average Bonchev–Trinajstić information content (AvgIpc) is 4.33. The molecule has 4 heterocycles. The number of aromatic nitrogens is 4. The van der Waals surface area contributed by atoms with Crippen LogP contribution in [0.1, 0.15) is 152 Å². The number of nitrogens with one attached hydrogen (secondary N) is 3. The molecule has 0 spiro atoms. The predicted molar refractivity (Wildman–Crippen MR) is 300 cm³/mol. The van der Waals surface area contributed by atoms with Gasteiger partial charge in [-0.15, -0.1) is 5.10 Å². The maximum atomic E-state index is 14.7. The van der Waals surface area contributed by atoms with Crippen LogP contribution in [0.25, 0.3) is 22.4 Å². The maximum absolute atomic E-state index is 14.7. The first-order chi connectivity index (χ1) is 38.7. The molecule has 3 atom stereocenters. The van der Waals surface area contributed by atoms with Crippen molar-refractivity contribution in [3.63, 3.8) is 0 Å². The lowest BCUT2D eigenvalue weighted by atomic mass is 9.94. The van der Waals surface area contributed by atoms with E-state index in [0.29, 0.717) is 63.9 Å². The van der Waals surface area contributed by atoms with Crippen LogP contribution >= 0.6 is 0 Å². The van der Waals surface area contributed by atoms with Gasteiger partial charge in [0, 0.05) is 54.9 Å². The molecule has 8 rings (SSSR count). The van der Waals surface area contributed by atoms with Crippen LogP contribution in [0.15, 0.2) is 103 Å². The SMILES string of the molecule is CC(C)c1c(C(=O)Nc2ccccc2)c(-c2cccc(OCCCCCCc3cn(CCCCCCCNc4cccc5c4C(=O)N(C4CCC(=O)NC4=O)C5=O)nn3)c2)c(-c2ccc(F)cc2)n1CCC(O)CC(O)CC(=O)O. The molecule has 0 aliphatic carbocycles. The Morgan fingerprint density at radius 3 is 2.30 bits per heavy atom. The van der Waals surface area contributed by atoms with E-state index in [1.54, 1.807) is 42.5 Å². The van der Waals surface area contributed by atoms with Gasteiger partial charge in [-0.25, -0.2) is 4.39 Å².